The summed E-state index contributed by atoms with van der Waals surface area (Å²) in [6.07, 6.45) is -5.92. The number of rotatable bonds is 5. The fraction of sp³-hybridized carbons (Fsp3) is 0.889. The minimum Gasteiger partial charge on any atom is -0.463 e. The van der Waals surface area contributed by atoms with Crippen LogP contribution in [0.2, 0.25) is 0 Å². The van der Waals surface area contributed by atoms with Crippen LogP contribution < -0.4 is 0 Å². The van der Waals surface area contributed by atoms with E-state index in [4.69, 9.17) is 19.3 Å². The van der Waals surface area contributed by atoms with Gasteiger partial charge < -0.3 is 29.5 Å². The largest absolute Gasteiger partial charge is 0.472 e. The van der Waals surface area contributed by atoms with Gasteiger partial charge >= 0.3 is 13.8 Å². The zero-order valence-electron chi connectivity index (χ0n) is 10.4. The molecule has 1 heterocycles. The molecule has 0 spiro atoms. The maximum atomic E-state index is 11.2. The number of hydrogen-bond acceptors (Lipinski definition) is 7. The van der Waals surface area contributed by atoms with E-state index < -0.39 is 38.4 Å². The highest BCUT2D eigenvalue weighted by Gasteiger charge is 2.46. The lowest BCUT2D eigenvalue weighted by Crippen LogP contribution is -2.35. The molecule has 0 unspecified atom stereocenters. The zero-order valence-corrected chi connectivity index (χ0v) is 11.3. The average molecular weight is 300 g/mol. The van der Waals surface area contributed by atoms with Gasteiger partial charge in [-0.15, -0.1) is 0 Å². The van der Waals surface area contributed by atoms with Crippen molar-refractivity contribution >= 4 is 13.8 Å². The molecule has 0 amide bonds. The first-order valence-electron chi connectivity index (χ1n) is 5.54. The molecule has 0 radical (unpaired) electrons. The number of aliphatic hydroxyl groups excluding tert-OH is 2. The maximum Gasteiger partial charge on any atom is 0.472 e. The van der Waals surface area contributed by atoms with Gasteiger partial charge in [-0.2, -0.15) is 0 Å². The second-order valence-electron chi connectivity index (χ2n) is 4.40. The standard InChI is InChI=1S/C9H17O9P/c1-4(2)8(12)16-3-5-6(10)7(11)9(17-5)18-19(13,14)15/h4-7,9-11H,3H2,1-2H3,(H2,13,14,15)/t5-,6-,7-,9-/m1/s1. The molecule has 1 aliphatic rings. The van der Waals surface area contributed by atoms with Gasteiger partial charge in [0, 0.05) is 0 Å². The molecule has 4 N–H and O–H groups in total. The van der Waals surface area contributed by atoms with E-state index in [-0.39, 0.29) is 12.5 Å². The van der Waals surface area contributed by atoms with E-state index in [2.05, 4.69) is 4.52 Å². The number of phosphoric acid groups is 1. The smallest absolute Gasteiger partial charge is 0.463 e. The van der Waals surface area contributed by atoms with Crippen molar-refractivity contribution in [1.29, 1.82) is 0 Å². The molecule has 10 heteroatoms. The van der Waals surface area contributed by atoms with E-state index in [1.54, 1.807) is 13.8 Å². The third-order valence-electron chi connectivity index (χ3n) is 2.42. The van der Waals surface area contributed by atoms with E-state index in [0.717, 1.165) is 0 Å². The number of aliphatic hydroxyl groups is 2. The average Bonchev–Trinajstić information content (AvgIpc) is 2.52. The van der Waals surface area contributed by atoms with Gasteiger partial charge in [-0.05, 0) is 0 Å². The number of hydrogen-bond donors (Lipinski definition) is 4. The molecule has 9 nitrogen and oxygen atoms in total. The van der Waals surface area contributed by atoms with E-state index in [9.17, 15) is 19.6 Å². The molecule has 112 valence electrons. The lowest BCUT2D eigenvalue weighted by atomic mass is 10.1. The van der Waals surface area contributed by atoms with Gasteiger partial charge in [-0.1, -0.05) is 13.8 Å². The summed E-state index contributed by atoms with van der Waals surface area (Å²) in [4.78, 5) is 28.4. The molecule has 1 aliphatic heterocycles. The summed E-state index contributed by atoms with van der Waals surface area (Å²) < 4.78 is 24.5. The van der Waals surface area contributed by atoms with Crippen LogP contribution in [0.1, 0.15) is 13.8 Å². The predicted molar refractivity (Wildman–Crippen MR) is 59.6 cm³/mol. The van der Waals surface area contributed by atoms with Crippen LogP contribution in [0.4, 0.5) is 0 Å². The molecule has 1 saturated heterocycles. The topological polar surface area (TPSA) is 143 Å². The Kier molecular flexibility index (Phi) is 5.45. The van der Waals surface area contributed by atoms with Gasteiger partial charge in [-0.25, -0.2) is 4.57 Å². The van der Waals surface area contributed by atoms with E-state index in [0.29, 0.717) is 0 Å². The van der Waals surface area contributed by atoms with Crippen molar-refractivity contribution in [2.24, 2.45) is 5.92 Å². The SMILES string of the molecule is CC(C)C(=O)OC[C@H]1O[C@H](OP(=O)(O)O)[C@H](O)[C@@H]1O. The van der Waals surface area contributed by atoms with Crippen LogP contribution in [0.5, 0.6) is 0 Å². The zero-order chi connectivity index (χ0) is 14.8. The second kappa shape index (κ2) is 6.27. The normalized spacial score (nSPS) is 31.7. The van der Waals surface area contributed by atoms with Gasteiger partial charge in [0.1, 0.15) is 24.9 Å². The minimum absolute atomic E-state index is 0.351. The van der Waals surface area contributed by atoms with Crippen molar-refractivity contribution in [2.45, 2.75) is 38.4 Å². The Morgan fingerprint density at radius 1 is 1.32 bits per heavy atom. The van der Waals surface area contributed by atoms with Crippen LogP contribution in [-0.4, -0.2) is 57.2 Å². The third kappa shape index (κ3) is 4.81. The van der Waals surface area contributed by atoms with Gasteiger partial charge in [-0.3, -0.25) is 9.32 Å². The molecule has 0 aliphatic carbocycles. The Morgan fingerprint density at radius 3 is 2.37 bits per heavy atom. The van der Waals surface area contributed by atoms with Crippen LogP contribution in [0.15, 0.2) is 0 Å². The first kappa shape index (κ1) is 16.5. The number of carbonyl (C=O) groups excluding carboxylic acids is 1. The molecule has 1 rings (SSSR count). The Balaban J connectivity index is 2.54. The highest BCUT2D eigenvalue weighted by atomic mass is 31.2. The van der Waals surface area contributed by atoms with Crippen molar-refractivity contribution < 1.29 is 43.4 Å². The van der Waals surface area contributed by atoms with Gasteiger partial charge in [0.15, 0.2) is 6.29 Å². The first-order valence-corrected chi connectivity index (χ1v) is 7.07. The van der Waals surface area contributed by atoms with Gasteiger partial charge in [0.25, 0.3) is 0 Å². The quantitative estimate of drug-likeness (QED) is 0.361. The summed E-state index contributed by atoms with van der Waals surface area (Å²) in [5.74, 6) is -0.893. The second-order valence-corrected chi connectivity index (χ2v) is 5.60. The third-order valence-corrected chi connectivity index (χ3v) is 2.90. The van der Waals surface area contributed by atoms with E-state index in [1.807, 2.05) is 0 Å². The van der Waals surface area contributed by atoms with Gasteiger partial charge in [0.2, 0.25) is 0 Å². The van der Waals surface area contributed by atoms with Crippen LogP contribution in [0, 0.1) is 5.92 Å². The Bertz CT molecular complexity index is 365. The highest BCUT2D eigenvalue weighted by Crippen LogP contribution is 2.41. The minimum atomic E-state index is -4.86. The summed E-state index contributed by atoms with van der Waals surface area (Å²) in [5.41, 5.74) is 0. The van der Waals surface area contributed by atoms with E-state index in [1.165, 1.54) is 0 Å². The molecule has 0 aromatic rings. The van der Waals surface area contributed by atoms with Gasteiger partial charge in [0.05, 0.1) is 5.92 Å². The van der Waals surface area contributed by atoms with Crippen LogP contribution in [-0.2, 0) is 23.4 Å². The molecule has 0 aromatic carbocycles. The highest BCUT2D eigenvalue weighted by molar-refractivity contribution is 7.46. The summed E-state index contributed by atoms with van der Waals surface area (Å²) in [6.45, 7) is 2.88. The Hall–Kier alpha value is -0.540. The summed E-state index contributed by atoms with van der Waals surface area (Å²) in [6, 6.07) is 0. The van der Waals surface area contributed by atoms with Crippen LogP contribution in [0.25, 0.3) is 0 Å². The summed E-state index contributed by atoms with van der Waals surface area (Å²) >= 11 is 0. The number of phosphoric ester groups is 1. The number of carbonyl (C=O) groups is 1. The molecular formula is C9H17O9P. The first-order chi connectivity index (χ1) is 8.61. The summed E-state index contributed by atoms with van der Waals surface area (Å²) in [7, 11) is -4.86. The van der Waals surface area contributed by atoms with Crippen molar-refractivity contribution in [3.63, 3.8) is 0 Å². The van der Waals surface area contributed by atoms with Crippen molar-refractivity contribution in [3.05, 3.63) is 0 Å². The predicted octanol–water partition coefficient (Wildman–Crippen LogP) is -1.26. The fourth-order valence-corrected chi connectivity index (χ4v) is 1.85. The molecule has 0 aromatic heterocycles. The van der Waals surface area contributed by atoms with Crippen molar-refractivity contribution in [2.75, 3.05) is 6.61 Å². The van der Waals surface area contributed by atoms with E-state index >= 15 is 0 Å². The lowest BCUT2D eigenvalue weighted by molar-refractivity contribution is -0.158. The van der Waals surface area contributed by atoms with Crippen molar-refractivity contribution in [1.82, 2.24) is 0 Å². The molecule has 0 bridgehead atoms. The lowest BCUT2D eigenvalue weighted by Gasteiger charge is -2.15. The number of ether oxygens (including phenoxy) is 2. The maximum absolute atomic E-state index is 11.2. The number of esters is 1. The molecule has 19 heavy (non-hydrogen) atoms. The molecule has 4 atom stereocenters. The van der Waals surface area contributed by atoms with Crippen LogP contribution in [0.3, 0.4) is 0 Å². The van der Waals surface area contributed by atoms with Crippen LogP contribution >= 0.6 is 7.82 Å². The monoisotopic (exact) mass is 300 g/mol. The Labute approximate surface area is 109 Å². The Morgan fingerprint density at radius 2 is 1.89 bits per heavy atom. The fourth-order valence-electron chi connectivity index (χ4n) is 1.41. The molecular weight excluding hydrogens is 283 g/mol. The molecule has 0 saturated carbocycles. The summed E-state index contributed by atoms with van der Waals surface area (Å²) in [5, 5.41) is 19.1. The molecule has 1 fully saturated rings. The van der Waals surface area contributed by atoms with Crippen molar-refractivity contribution in [3.8, 4) is 0 Å².